The van der Waals surface area contributed by atoms with E-state index in [-0.39, 0.29) is 18.3 Å². The van der Waals surface area contributed by atoms with E-state index in [0.29, 0.717) is 5.44 Å². The molecule has 3 rings (SSSR count). The summed E-state index contributed by atoms with van der Waals surface area (Å²) in [5, 5.41) is 1.47. The Morgan fingerprint density at radius 3 is 1.81 bits per heavy atom. The van der Waals surface area contributed by atoms with Crippen molar-refractivity contribution in [1.82, 2.24) is 0 Å². The van der Waals surface area contributed by atoms with Gasteiger partial charge in [0.05, 0.1) is 19.3 Å². The van der Waals surface area contributed by atoms with Crippen LogP contribution < -0.4 is 5.19 Å². The van der Waals surface area contributed by atoms with Gasteiger partial charge < -0.3 is 9.31 Å². The largest absolute Gasteiger partial charge is 0.458 e. The van der Waals surface area contributed by atoms with Crippen LogP contribution in [0.15, 0.2) is 60.7 Å². The van der Waals surface area contributed by atoms with Crippen LogP contribution in [-0.4, -0.2) is 26.4 Å². The summed E-state index contributed by atoms with van der Waals surface area (Å²) in [5.74, 6) is 0. The summed E-state index contributed by atoms with van der Waals surface area (Å²) >= 11 is 0. The van der Waals surface area contributed by atoms with Crippen molar-refractivity contribution in [2.45, 2.75) is 70.3 Å². The molecular formula is C23H33BO2Si. The third-order valence-corrected chi connectivity index (χ3v) is 10.9. The molecule has 0 bridgehead atoms. The minimum atomic E-state index is -1.80. The van der Waals surface area contributed by atoms with Crippen LogP contribution >= 0.6 is 0 Å². The van der Waals surface area contributed by atoms with Crippen molar-refractivity contribution >= 4 is 20.4 Å². The topological polar surface area (TPSA) is 18.5 Å². The molecule has 27 heavy (non-hydrogen) atoms. The molecule has 0 amide bonds. The van der Waals surface area contributed by atoms with E-state index in [1.54, 1.807) is 0 Å². The van der Waals surface area contributed by atoms with Gasteiger partial charge in [0.2, 0.25) is 0 Å². The van der Waals surface area contributed by atoms with Crippen LogP contribution in [-0.2, 0) is 15.7 Å². The van der Waals surface area contributed by atoms with Crippen LogP contribution in [0.25, 0.3) is 0 Å². The van der Waals surface area contributed by atoms with Crippen LogP contribution in [0.1, 0.15) is 39.7 Å². The molecule has 1 fully saturated rings. The van der Waals surface area contributed by atoms with Gasteiger partial charge >= 0.3 is 7.12 Å². The summed E-state index contributed by atoms with van der Waals surface area (Å²) in [5.41, 5.74) is 1.20. The van der Waals surface area contributed by atoms with E-state index in [1.807, 2.05) is 0 Å². The highest BCUT2D eigenvalue weighted by atomic mass is 28.3. The van der Waals surface area contributed by atoms with Gasteiger partial charge in [0.1, 0.15) is 0 Å². The zero-order chi connectivity index (χ0) is 19.7. The first-order valence-corrected chi connectivity index (χ1v) is 13.2. The van der Waals surface area contributed by atoms with Crippen molar-refractivity contribution in [3.8, 4) is 0 Å². The molecule has 144 valence electrons. The Kier molecular flexibility index (Phi) is 5.72. The molecular weight excluding hydrogens is 347 g/mol. The van der Waals surface area contributed by atoms with Gasteiger partial charge in [0.25, 0.3) is 0 Å². The molecule has 0 radical (unpaired) electrons. The molecule has 1 aliphatic heterocycles. The molecule has 4 heteroatoms. The zero-order valence-corrected chi connectivity index (χ0v) is 18.7. The predicted molar refractivity (Wildman–Crippen MR) is 118 cm³/mol. The Bertz CT molecular complexity index is 727. The van der Waals surface area contributed by atoms with Crippen molar-refractivity contribution in [3.63, 3.8) is 0 Å². The smallest absolute Gasteiger partial charge is 0.403 e. The van der Waals surface area contributed by atoms with E-state index < -0.39 is 8.07 Å². The summed E-state index contributed by atoms with van der Waals surface area (Å²) in [7, 11) is -1.96. The maximum absolute atomic E-state index is 6.53. The molecule has 2 aromatic rings. The van der Waals surface area contributed by atoms with Crippen molar-refractivity contribution in [1.29, 1.82) is 0 Å². The van der Waals surface area contributed by atoms with Gasteiger partial charge in [-0.1, -0.05) is 78.9 Å². The Morgan fingerprint density at radius 1 is 0.815 bits per heavy atom. The lowest BCUT2D eigenvalue weighted by Crippen LogP contribution is -2.52. The van der Waals surface area contributed by atoms with E-state index >= 15 is 0 Å². The fraction of sp³-hybridized carbons (Fsp3) is 0.478. The van der Waals surface area contributed by atoms with Gasteiger partial charge in [-0.25, -0.2) is 0 Å². The lowest BCUT2D eigenvalue weighted by atomic mass is 9.80. The Morgan fingerprint density at radius 2 is 1.30 bits per heavy atom. The molecule has 1 atom stereocenters. The lowest BCUT2D eigenvalue weighted by Gasteiger charge is -2.34. The average Bonchev–Trinajstić information content (AvgIpc) is 2.84. The van der Waals surface area contributed by atoms with Crippen LogP contribution in [0.5, 0.6) is 0 Å². The maximum atomic E-state index is 6.53. The molecule has 0 aliphatic carbocycles. The second-order valence-electron chi connectivity index (χ2n) is 9.34. The molecule has 2 nitrogen and oxygen atoms in total. The molecule has 2 aromatic carbocycles. The number of aryl methyl sites for hydroxylation is 1. The lowest BCUT2D eigenvalue weighted by molar-refractivity contribution is 0.00578. The average molecular weight is 380 g/mol. The van der Waals surface area contributed by atoms with E-state index in [0.717, 1.165) is 12.8 Å². The second kappa shape index (κ2) is 7.57. The molecule has 0 N–H and O–H groups in total. The molecule has 0 aromatic heterocycles. The van der Waals surface area contributed by atoms with Crippen molar-refractivity contribution in [3.05, 3.63) is 66.2 Å². The molecule has 0 saturated carbocycles. The van der Waals surface area contributed by atoms with E-state index in [4.69, 9.17) is 9.31 Å². The van der Waals surface area contributed by atoms with Gasteiger partial charge in [0.15, 0.2) is 0 Å². The highest BCUT2D eigenvalue weighted by molar-refractivity contribution is 6.97. The Labute approximate surface area is 166 Å². The normalized spacial score (nSPS) is 19.9. The highest BCUT2D eigenvalue weighted by Crippen LogP contribution is 2.43. The SMILES string of the molecule is CC1(C)OB([C@H](CCc2ccccc2)[Si](C)(C)c2ccccc2)OC1(C)C. The quantitative estimate of drug-likeness (QED) is 0.639. The Hall–Kier alpha value is -1.36. The summed E-state index contributed by atoms with van der Waals surface area (Å²) in [6, 6.07) is 21.7. The van der Waals surface area contributed by atoms with Crippen molar-refractivity contribution < 1.29 is 9.31 Å². The third kappa shape index (κ3) is 4.23. The van der Waals surface area contributed by atoms with Gasteiger partial charge in [-0.05, 0) is 51.5 Å². The number of hydrogen-bond donors (Lipinski definition) is 0. The summed E-state index contributed by atoms with van der Waals surface area (Å²) in [6.45, 7) is 13.5. The maximum Gasteiger partial charge on any atom is 0.458 e. The minimum absolute atomic E-state index is 0.152. The fourth-order valence-electron chi connectivity index (χ4n) is 3.94. The second-order valence-corrected chi connectivity index (χ2v) is 14.1. The van der Waals surface area contributed by atoms with Gasteiger partial charge in [-0.3, -0.25) is 0 Å². The number of hydrogen-bond acceptors (Lipinski definition) is 2. The first-order valence-electron chi connectivity index (χ1n) is 10.1. The molecule has 0 unspecified atom stereocenters. The van der Waals surface area contributed by atoms with Gasteiger partial charge in [-0.15, -0.1) is 0 Å². The molecule has 1 heterocycles. The summed E-state index contributed by atoms with van der Waals surface area (Å²) in [6.07, 6.45) is 2.13. The standard InChI is InChI=1S/C23H33BO2Si/c1-22(2)23(3,4)26-24(25-22)21(18-17-19-13-9-7-10-14-19)27(5,6)20-15-11-8-12-16-20/h7-16,21H,17-18H2,1-6H3/t21-/m0/s1. The zero-order valence-electron chi connectivity index (χ0n) is 17.7. The highest BCUT2D eigenvalue weighted by Gasteiger charge is 2.56. The first kappa shape index (κ1) is 20.4. The van der Waals surface area contributed by atoms with Crippen LogP contribution in [0.2, 0.25) is 18.5 Å². The van der Waals surface area contributed by atoms with Crippen LogP contribution in [0, 0.1) is 0 Å². The van der Waals surface area contributed by atoms with Gasteiger partial charge in [-0.2, -0.15) is 0 Å². The van der Waals surface area contributed by atoms with Crippen molar-refractivity contribution in [2.75, 3.05) is 0 Å². The van der Waals surface area contributed by atoms with E-state index in [2.05, 4.69) is 101 Å². The number of rotatable bonds is 6. The molecule has 1 saturated heterocycles. The summed E-state index contributed by atoms with van der Waals surface area (Å²) in [4.78, 5) is 0. The van der Waals surface area contributed by atoms with Crippen LogP contribution in [0.3, 0.4) is 0 Å². The van der Waals surface area contributed by atoms with E-state index in [1.165, 1.54) is 10.8 Å². The predicted octanol–water partition coefficient (Wildman–Crippen LogP) is 5.24. The molecule has 1 aliphatic rings. The third-order valence-electron chi connectivity index (χ3n) is 6.63. The minimum Gasteiger partial charge on any atom is -0.403 e. The fourth-order valence-corrected chi connectivity index (χ4v) is 7.10. The van der Waals surface area contributed by atoms with Gasteiger partial charge in [0, 0.05) is 0 Å². The number of benzene rings is 2. The van der Waals surface area contributed by atoms with Crippen LogP contribution in [0.4, 0.5) is 0 Å². The van der Waals surface area contributed by atoms with E-state index in [9.17, 15) is 0 Å². The van der Waals surface area contributed by atoms with Crippen molar-refractivity contribution in [2.24, 2.45) is 0 Å². The summed E-state index contributed by atoms with van der Waals surface area (Å²) < 4.78 is 13.1. The monoisotopic (exact) mass is 380 g/mol. The first-order chi connectivity index (χ1) is 12.6. The molecule has 0 spiro atoms. The Balaban J connectivity index is 1.89.